The van der Waals surface area contributed by atoms with Crippen molar-refractivity contribution in [2.75, 3.05) is 26.2 Å². The quantitative estimate of drug-likeness (QED) is 0.861. The highest BCUT2D eigenvalue weighted by Gasteiger charge is 2.53. The maximum Gasteiger partial charge on any atom is 0.158 e. The summed E-state index contributed by atoms with van der Waals surface area (Å²) in [6.45, 7) is 9.65. The van der Waals surface area contributed by atoms with Crippen molar-refractivity contribution >= 4 is 0 Å². The van der Waals surface area contributed by atoms with Crippen molar-refractivity contribution in [1.29, 1.82) is 0 Å². The van der Waals surface area contributed by atoms with Gasteiger partial charge in [-0.25, -0.2) is 0 Å². The van der Waals surface area contributed by atoms with Gasteiger partial charge in [-0.15, -0.1) is 0 Å². The van der Waals surface area contributed by atoms with Crippen LogP contribution in [-0.2, 0) is 9.47 Å². The Morgan fingerprint density at radius 3 is 2.64 bits per heavy atom. The summed E-state index contributed by atoms with van der Waals surface area (Å²) in [6, 6.07) is 0. The molecular weight excluding hydrogens is 274 g/mol. The molecule has 0 aromatic carbocycles. The van der Waals surface area contributed by atoms with Crippen LogP contribution in [0.15, 0.2) is 0 Å². The molecule has 0 unspecified atom stereocenters. The molecular formula is C19H34NO2+. The van der Waals surface area contributed by atoms with Gasteiger partial charge >= 0.3 is 0 Å². The minimum atomic E-state index is 0.0813. The van der Waals surface area contributed by atoms with Gasteiger partial charge in [-0.05, 0) is 61.7 Å². The van der Waals surface area contributed by atoms with Gasteiger partial charge in [0.05, 0.1) is 19.7 Å². The fraction of sp³-hybridized carbons (Fsp3) is 1.00. The Bertz CT molecular complexity index is 391. The third kappa shape index (κ3) is 2.85. The summed E-state index contributed by atoms with van der Waals surface area (Å²) in [6.07, 6.45) is 10.2. The molecule has 4 rings (SSSR count). The molecule has 0 aromatic heterocycles. The third-order valence-corrected chi connectivity index (χ3v) is 7.39. The fourth-order valence-electron chi connectivity index (χ4n) is 5.99. The number of likely N-dealkylation sites (tertiary alicyclic amines) is 1. The topological polar surface area (TPSA) is 22.9 Å². The maximum atomic E-state index is 6.28. The van der Waals surface area contributed by atoms with Gasteiger partial charge in [0.15, 0.2) is 6.29 Å². The number of hydrogen-bond donors (Lipinski definition) is 1. The van der Waals surface area contributed by atoms with Crippen LogP contribution in [0.3, 0.4) is 0 Å². The predicted octanol–water partition coefficient (Wildman–Crippen LogP) is 2.26. The van der Waals surface area contributed by atoms with Crippen molar-refractivity contribution < 1.29 is 14.4 Å². The minimum Gasteiger partial charge on any atom is -0.350 e. The summed E-state index contributed by atoms with van der Waals surface area (Å²) in [5, 5.41) is 0. The third-order valence-electron chi connectivity index (χ3n) is 7.39. The van der Waals surface area contributed by atoms with E-state index in [-0.39, 0.29) is 6.29 Å². The molecule has 3 nitrogen and oxygen atoms in total. The lowest BCUT2D eigenvalue weighted by molar-refractivity contribution is -0.907. The highest BCUT2D eigenvalue weighted by molar-refractivity contribution is 5.01. The first-order chi connectivity index (χ1) is 10.6. The van der Waals surface area contributed by atoms with E-state index in [2.05, 4.69) is 13.8 Å². The van der Waals surface area contributed by atoms with E-state index in [0.717, 1.165) is 37.3 Å². The highest BCUT2D eigenvalue weighted by atomic mass is 16.7. The Kier molecular flexibility index (Phi) is 4.25. The molecule has 2 bridgehead atoms. The van der Waals surface area contributed by atoms with Crippen LogP contribution < -0.4 is 4.90 Å². The van der Waals surface area contributed by atoms with Crippen molar-refractivity contribution in [2.45, 2.75) is 71.2 Å². The van der Waals surface area contributed by atoms with Gasteiger partial charge in [-0.1, -0.05) is 13.8 Å². The summed E-state index contributed by atoms with van der Waals surface area (Å²) in [7, 11) is 0. The number of rotatable bonds is 4. The molecule has 0 spiro atoms. The second kappa shape index (κ2) is 6.07. The minimum absolute atomic E-state index is 0.0813. The fourth-order valence-corrected chi connectivity index (χ4v) is 5.99. The first-order valence-corrected chi connectivity index (χ1v) is 9.73. The number of quaternary nitrogens is 1. The Morgan fingerprint density at radius 2 is 1.91 bits per heavy atom. The molecule has 22 heavy (non-hydrogen) atoms. The molecule has 4 aliphatic rings. The zero-order chi connectivity index (χ0) is 15.2. The average Bonchev–Trinajstić information content (AvgIpc) is 3.19. The van der Waals surface area contributed by atoms with E-state index >= 15 is 0 Å². The van der Waals surface area contributed by atoms with Crippen LogP contribution in [0.4, 0.5) is 0 Å². The zero-order valence-corrected chi connectivity index (χ0v) is 14.5. The second-order valence-corrected chi connectivity index (χ2v) is 8.97. The molecule has 0 amide bonds. The van der Waals surface area contributed by atoms with Crippen molar-refractivity contribution in [1.82, 2.24) is 0 Å². The summed E-state index contributed by atoms with van der Waals surface area (Å²) < 4.78 is 12.3. The average molecular weight is 308 g/mol. The molecule has 2 heterocycles. The summed E-state index contributed by atoms with van der Waals surface area (Å²) >= 11 is 0. The Morgan fingerprint density at radius 1 is 1.09 bits per heavy atom. The lowest BCUT2D eigenvalue weighted by Gasteiger charge is -2.39. The summed E-state index contributed by atoms with van der Waals surface area (Å²) in [5.41, 5.74) is 0.506. The van der Waals surface area contributed by atoms with Crippen molar-refractivity contribution in [3.05, 3.63) is 0 Å². The van der Waals surface area contributed by atoms with Crippen molar-refractivity contribution in [3.63, 3.8) is 0 Å². The maximum absolute atomic E-state index is 6.28. The molecule has 4 fully saturated rings. The van der Waals surface area contributed by atoms with Crippen LogP contribution in [0.25, 0.3) is 0 Å². The second-order valence-electron chi connectivity index (χ2n) is 8.97. The normalized spacial score (nSPS) is 44.7. The van der Waals surface area contributed by atoms with E-state index in [1.165, 1.54) is 51.6 Å². The van der Waals surface area contributed by atoms with Crippen LogP contribution in [0.5, 0.6) is 0 Å². The van der Waals surface area contributed by atoms with Gasteiger partial charge in [-0.3, -0.25) is 0 Å². The zero-order valence-electron chi connectivity index (χ0n) is 14.5. The van der Waals surface area contributed by atoms with Gasteiger partial charge < -0.3 is 14.4 Å². The van der Waals surface area contributed by atoms with Gasteiger partial charge in [0.1, 0.15) is 12.6 Å². The van der Waals surface area contributed by atoms with Crippen LogP contribution in [-0.4, -0.2) is 38.6 Å². The lowest BCUT2D eigenvalue weighted by Crippen LogP contribution is -3.13. The largest absolute Gasteiger partial charge is 0.350 e. The monoisotopic (exact) mass is 308 g/mol. The lowest BCUT2D eigenvalue weighted by atomic mass is 9.67. The molecule has 1 N–H and O–H groups in total. The van der Waals surface area contributed by atoms with E-state index < -0.39 is 0 Å². The molecule has 2 aliphatic carbocycles. The van der Waals surface area contributed by atoms with E-state index in [9.17, 15) is 0 Å². The van der Waals surface area contributed by atoms with Crippen LogP contribution in [0.2, 0.25) is 0 Å². The van der Waals surface area contributed by atoms with E-state index in [4.69, 9.17) is 9.47 Å². The van der Waals surface area contributed by atoms with Crippen LogP contribution in [0.1, 0.15) is 58.8 Å². The molecule has 126 valence electrons. The first kappa shape index (κ1) is 15.4. The summed E-state index contributed by atoms with van der Waals surface area (Å²) in [5.74, 6) is 2.72. The van der Waals surface area contributed by atoms with Gasteiger partial charge in [0, 0.05) is 6.42 Å². The number of piperidine rings is 1. The van der Waals surface area contributed by atoms with E-state index in [0.29, 0.717) is 11.5 Å². The number of fused-ring (bicyclic) bond motifs is 2. The van der Waals surface area contributed by atoms with E-state index in [1.54, 1.807) is 4.90 Å². The van der Waals surface area contributed by atoms with Gasteiger partial charge in [-0.2, -0.15) is 0 Å². The first-order valence-electron chi connectivity index (χ1n) is 9.73. The smallest absolute Gasteiger partial charge is 0.158 e. The highest BCUT2D eigenvalue weighted by Crippen LogP contribution is 2.60. The molecule has 2 saturated carbocycles. The Balaban J connectivity index is 1.28. The van der Waals surface area contributed by atoms with Crippen LogP contribution in [0, 0.1) is 23.2 Å². The Labute approximate surface area is 135 Å². The molecule has 0 radical (unpaired) electrons. The van der Waals surface area contributed by atoms with E-state index in [1.807, 2.05) is 0 Å². The van der Waals surface area contributed by atoms with Gasteiger partial charge in [0.2, 0.25) is 0 Å². The van der Waals surface area contributed by atoms with Gasteiger partial charge in [0.25, 0.3) is 0 Å². The van der Waals surface area contributed by atoms with Crippen LogP contribution >= 0.6 is 0 Å². The van der Waals surface area contributed by atoms with Crippen molar-refractivity contribution in [3.8, 4) is 0 Å². The number of ether oxygens (including phenoxy) is 2. The SMILES string of the molecule is CC1(C)[C@H]2CC[C@H](C2)[C@@H]1C[C@H]1OC[C@H](C[NH+]2CCCCC2)O1. The summed E-state index contributed by atoms with van der Waals surface area (Å²) in [4.78, 5) is 1.74. The molecule has 3 heteroatoms. The number of hydrogen-bond acceptors (Lipinski definition) is 2. The Hall–Kier alpha value is -0.120. The predicted molar refractivity (Wildman–Crippen MR) is 86.7 cm³/mol. The van der Waals surface area contributed by atoms with Crippen molar-refractivity contribution in [2.24, 2.45) is 23.2 Å². The molecule has 5 atom stereocenters. The molecule has 2 saturated heterocycles. The number of nitrogens with one attached hydrogen (secondary N) is 1. The standard InChI is InChI=1S/C19H33NO2/c1-19(2)15-7-6-14(10-15)17(19)11-18-21-13-16(22-18)12-20-8-4-3-5-9-20/h14-18H,3-13H2,1-2H3/p+1/t14-,15+,16+,17+,18+/m1/s1. The molecule has 2 aliphatic heterocycles. The molecule has 0 aromatic rings.